The van der Waals surface area contributed by atoms with Gasteiger partial charge in [0, 0.05) is 17.4 Å². The lowest BCUT2D eigenvalue weighted by Gasteiger charge is -2.03. The molecule has 21 heavy (non-hydrogen) atoms. The van der Waals surface area contributed by atoms with Crippen molar-refractivity contribution in [2.75, 3.05) is 6.26 Å². The molecule has 0 bridgehead atoms. The van der Waals surface area contributed by atoms with Crippen LogP contribution in [0.5, 0.6) is 5.75 Å². The summed E-state index contributed by atoms with van der Waals surface area (Å²) in [6, 6.07) is 10.1. The Morgan fingerprint density at radius 1 is 1.14 bits per heavy atom. The number of aromatic hydroxyl groups is 1. The molecule has 3 rings (SSSR count). The number of nitrogens with one attached hydrogen (secondary N) is 1. The molecule has 0 saturated carbocycles. The Morgan fingerprint density at radius 3 is 2.57 bits per heavy atom. The average Bonchev–Trinajstić information content (AvgIpc) is 2.84. The molecule has 0 radical (unpaired) electrons. The molecule has 2 N–H and O–H groups in total. The van der Waals surface area contributed by atoms with Gasteiger partial charge in [0.2, 0.25) is 0 Å². The molecule has 0 aliphatic carbocycles. The largest absolute Gasteiger partial charge is 0.508 e. The zero-order chi connectivity index (χ0) is 15.2. The van der Waals surface area contributed by atoms with Gasteiger partial charge in [0.1, 0.15) is 17.1 Å². The van der Waals surface area contributed by atoms with E-state index in [0.29, 0.717) is 22.4 Å². The summed E-state index contributed by atoms with van der Waals surface area (Å²) in [5.74, 6) is 0.714. The molecule has 0 fully saturated rings. The lowest BCUT2D eigenvalue weighted by Crippen LogP contribution is -1.97. The van der Waals surface area contributed by atoms with Crippen LogP contribution in [0, 0.1) is 6.92 Å². The van der Waals surface area contributed by atoms with Gasteiger partial charge in [0.05, 0.1) is 10.4 Å². The van der Waals surface area contributed by atoms with Crippen LogP contribution in [0.4, 0.5) is 0 Å². The van der Waals surface area contributed by atoms with E-state index in [0.717, 1.165) is 11.8 Å². The summed E-state index contributed by atoms with van der Waals surface area (Å²) in [7, 11) is -3.35. The Balaban J connectivity index is 2.30. The normalized spacial score (nSPS) is 11.9. The van der Waals surface area contributed by atoms with E-state index in [-0.39, 0.29) is 10.6 Å². The summed E-state index contributed by atoms with van der Waals surface area (Å²) in [6.45, 7) is 1.79. The summed E-state index contributed by atoms with van der Waals surface area (Å²) in [5.41, 5.74) is 2.50. The second-order valence-corrected chi connectivity index (χ2v) is 6.94. The van der Waals surface area contributed by atoms with Crippen molar-refractivity contribution in [2.45, 2.75) is 11.8 Å². The fourth-order valence-corrected chi connectivity index (χ4v) is 3.15. The van der Waals surface area contributed by atoms with E-state index in [4.69, 9.17) is 0 Å². The van der Waals surface area contributed by atoms with Gasteiger partial charge in [-0.15, -0.1) is 0 Å². The summed E-state index contributed by atoms with van der Waals surface area (Å²) in [4.78, 5) is 7.71. The van der Waals surface area contributed by atoms with Crippen LogP contribution in [-0.4, -0.2) is 29.7 Å². The number of rotatable bonds is 2. The molecule has 0 aliphatic heterocycles. The standard InChI is InChI=1S/C15H14N2O3S/c1-9-10(5-3-7-12(9)18)15-16-11-6-4-8-13(14(11)17-15)21(2,19)20/h3-8,18H,1-2H3,(H,16,17). The van der Waals surface area contributed by atoms with Gasteiger partial charge in [0.15, 0.2) is 9.84 Å². The summed E-state index contributed by atoms with van der Waals surface area (Å²) < 4.78 is 23.6. The predicted molar refractivity (Wildman–Crippen MR) is 81.0 cm³/mol. The average molecular weight is 302 g/mol. The Bertz CT molecular complexity index is 943. The van der Waals surface area contributed by atoms with Crippen molar-refractivity contribution in [1.82, 2.24) is 9.97 Å². The maximum atomic E-state index is 11.8. The molecular formula is C15H14N2O3S. The van der Waals surface area contributed by atoms with Crippen LogP contribution in [0.15, 0.2) is 41.3 Å². The van der Waals surface area contributed by atoms with Gasteiger partial charge in [-0.2, -0.15) is 0 Å². The van der Waals surface area contributed by atoms with Crippen molar-refractivity contribution in [1.29, 1.82) is 0 Å². The fourth-order valence-electron chi connectivity index (χ4n) is 2.31. The van der Waals surface area contributed by atoms with Crippen LogP contribution in [0.3, 0.4) is 0 Å². The molecule has 0 aliphatic rings. The smallest absolute Gasteiger partial charge is 0.177 e. The second-order valence-electron chi connectivity index (χ2n) is 4.96. The predicted octanol–water partition coefficient (Wildman–Crippen LogP) is 2.65. The van der Waals surface area contributed by atoms with E-state index in [1.165, 1.54) is 6.07 Å². The van der Waals surface area contributed by atoms with Gasteiger partial charge in [-0.25, -0.2) is 13.4 Å². The number of benzene rings is 2. The van der Waals surface area contributed by atoms with E-state index < -0.39 is 9.84 Å². The molecule has 2 aromatic carbocycles. The Labute approximate surface area is 122 Å². The Kier molecular flexibility index (Phi) is 2.98. The molecule has 0 atom stereocenters. The molecule has 5 nitrogen and oxygen atoms in total. The van der Waals surface area contributed by atoms with Crippen molar-refractivity contribution < 1.29 is 13.5 Å². The first-order chi connectivity index (χ1) is 9.88. The van der Waals surface area contributed by atoms with Gasteiger partial charge >= 0.3 is 0 Å². The number of para-hydroxylation sites is 1. The number of phenols is 1. The second kappa shape index (κ2) is 4.60. The SMILES string of the molecule is Cc1c(O)cccc1-c1nc2c(S(C)(=O)=O)cccc2[nH]1. The van der Waals surface area contributed by atoms with Crippen LogP contribution in [-0.2, 0) is 9.84 Å². The zero-order valence-electron chi connectivity index (χ0n) is 11.6. The van der Waals surface area contributed by atoms with Crippen molar-refractivity contribution >= 4 is 20.9 Å². The summed E-state index contributed by atoms with van der Waals surface area (Å²) >= 11 is 0. The van der Waals surface area contributed by atoms with Crippen molar-refractivity contribution in [3.8, 4) is 17.1 Å². The summed E-state index contributed by atoms with van der Waals surface area (Å²) in [5, 5.41) is 9.78. The molecule has 0 spiro atoms. The van der Waals surface area contributed by atoms with Gasteiger partial charge in [-0.3, -0.25) is 0 Å². The number of hydrogen-bond acceptors (Lipinski definition) is 4. The van der Waals surface area contributed by atoms with Gasteiger partial charge in [-0.05, 0) is 25.1 Å². The van der Waals surface area contributed by atoms with E-state index in [9.17, 15) is 13.5 Å². The van der Waals surface area contributed by atoms with Crippen LogP contribution in [0.1, 0.15) is 5.56 Å². The van der Waals surface area contributed by atoms with Crippen LogP contribution < -0.4 is 0 Å². The maximum absolute atomic E-state index is 11.8. The molecule has 0 saturated heterocycles. The summed E-state index contributed by atoms with van der Waals surface area (Å²) in [6.07, 6.45) is 1.16. The number of hydrogen-bond donors (Lipinski definition) is 2. The molecule has 0 amide bonds. The number of imidazole rings is 1. The van der Waals surface area contributed by atoms with Crippen LogP contribution in [0.25, 0.3) is 22.4 Å². The number of phenolic OH excluding ortho intramolecular Hbond substituents is 1. The third kappa shape index (κ3) is 2.27. The van der Waals surface area contributed by atoms with Crippen molar-refractivity contribution in [3.63, 3.8) is 0 Å². The lowest BCUT2D eigenvalue weighted by molar-refractivity contribution is 0.471. The fraction of sp³-hybridized carbons (Fsp3) is 0.133. The molecule has 1 aromatic heterocycles. The first-order valence-electron chi connectivity index (χ1n) is 6.35. The third-order valence-corrected chi connectivity index (χ3v) is 4.56. The minimum absolute atomic E-state index is 0.177. The van der Waals surface area contributed by atoms with E-state index in [1.807, 2.05) is 6.07 Å². The van der Waals surface area contributed by atoms with E-state index in [1.54, 1.807) is 31.2 Å². The number of fused-ring (bicyclic) bond motifs is 1. The highest BCUT2D eigenvalue weighted by Crippen LogP contribution is 2.30. The molecule has 0 unspecified atom stereocenters. The Morgan fingerprint density at radius 2 is 1.86 bits per heavy atom. The first-order valence-corrected chi connectivity index (χ1v) is 8.25. The monoisotopic (exact) mass is 302 g/mol. The number of sulfone groups is 1. The lowest BCUT2D eigenvalue weighted by atomic mass is 10.1. The van der Waals surface area contributed by atoms with E-state index >= 15 is 0 Å². The molecule has 6 heteroatoms. The quantitative estimate of drug-likeness (QED) is 0.762. The maximum Gasteiger partial charge on any atom is 0.177 e. The van der Waals surface area contributed by atoms with Crippen molar-refractivity contribution in [3.05, 3.63) is 42.0 Å². The number of aromatic nitrogens is 2. The zero-order valence-corrected chi connectivity index (χ0v) is 12.4. The third-order valence-electron chi connectivity index (χ3n) is 3.44. The first kappa shape index (κ1) is 13.6. The molecular weight excluding hydrogens is 288 g/mol. The number of H-pyrrole nitrogens is 1. The highest BCUT2D eigenvalue weighted by atomic mass is 32.2. The number of nitrogens with zero attached hydrogens (tertiary/aromatic N) is 1. The highest BCUT2D eigenvalue weighted by molar-refractivity contribution is 7.91. The van der Waals surface area contributed by atoms with Gasteiger partial charge in [-0.1, -0.05) is 18.2 Å². The number of aromatic amines is 1. The highest BCUT2D eigenvalue weighted by Gasteiger charge is 2.16. The topological polar surface area (TPSA) is 83.1 Å². The molecule has 3 aromatic rings. The van der Waals surface area contributed by atoms with Crippen molar-refractivity contribution in [2.24, 2.45) is 0 Å². The van der Waals surface area contributed by atoms with Crippen LogP contribution in [0.2, 0.25) is 0 Å². The molecule has 1 heterocycles. The van der Waals surface area contributed by atoms with Gasteiger partial charge < -0.3 is 10.1 Å². The van der Waals surface area contributed by atoms with Gasteiger partial charge in [0.25, 0.3) is 0 Å². The van der Waals surface area contributed by atoms with E-state index in [2.05, 4.69) is 9.97 Å². The van der Waals surface area contributed by atoms with Crippen LogP contribution >= 0.6 is 0 Å². The Hall–Kier alpha value is -2.34. The minimum Gasteiger partial charge on any atom is -0.508 e. The minimum atomic E-state index is -3.35. The molecule has 108 valence electrons.